The Morgan fingerprint density at radius 1 is 1.43 bits per heavy atom. The highest BCUT2D eigenvalue weighted by Gasteiger charge is 2.36. The van der Waals surface area contributed by atoms with Crippen LogP contribution in [-0.4, -0.2) is 33.2 Å². The molecule has 0 atom stereocenters. The van der Waals surface area contributed by atoms with Gasteiger partial charge >= 0.3 is 0 Å². The number of hydrogen-bond acceptors (Lipinski definition) is 6. The Hall–Kier alpha value is -1.28. The van der Waals surface area contributed by atoms with Crippen molar-refractivity contribution in [1.29, 1.82) is 0 Å². The minimum Gasteiger partial charge on any atom is -0.396 e. The second-order valence-corrected chi connectivity index (χ2v) is 9.30. The fourth-order valence-corrected chi connectivity index (χ4v) is 5.22. The standard InChI is InChI=1S/C13H21N3O3S2/c1-4-21(18,19)10-8(14)9(11(15)17)20-12(10)16-6-5-13(2,3)7-16/h4-7,14H2,1-3H3,(H2,15,17). The third-order valence-corrected chi connectivity index (χ3v) is 6.97. The van der Waals surface area contributed by atoms with E-state index >= 15 is 0 Å². The molecule has 1 aromatic rings. The van der Waals surface area contributed by atoms with Crippen LogP contribution in [0, 0.1) is 5.41 Å². The Bertz CT molecular complexity index is 677. The first-order chi connectivity index (χ1) is 9.59. The van der Waals surface area contributed by atoms with E-state index in [1.165, 1.54) is 0 Å². The van der Waals surface area contributed by atoms with Gasteiger partial charge in [0.2, 0.25) is 0 Å². The van der Waals surface area contributed by atoms with Crippen LogP contribution in [0.15, 0.2) is 4.90 Å². The molecule has 21 heavy (non-hydrogen) atoms. The van der Waals surface area contributed by atoms with Gasteiger partial charge in [0.05, 0.1) is 11.4 Å². The molecule has 0 spiro atoms. The summed E-state index contributed by atoms with van der Waals surface area (Å²) in [5, 5.41) is 0.550. The average Bonchev–Trinajstić information content (AvgIpc) is 2.89. The van der Waals surface area contributed by atoms with Crippen molar-refractivity contribution < 1.29 is 13.2 Å². The van der Waals surface area contributed by atoms with E-state index in [1.54, 1.807) is 6.92 Å². The largest absolute Gasteiger partial charge is 0.396 e. The molecule has 1 aliphatic rings. The number of hydrogen-bond donors (Lipinski definition) is 2. The van der Waals surface area contributed by atoms with Crippen molar-refractivity contribution in [3.8, 4) is 0 Å². The lowest BCUT2D eigenvalue weighted by molar-refractivity contribution is 0.100. The van der Waals surface area contributed by atoms with Crippen molar-refractivity contribution >= 4 is 37.8 Å². The van der Waals surface area contributed by atoms with Crippen LogP contribution in [0.2, 0.25) is 0 Å². The predicted octanol–water partition coefficient (Wildman–Crippen LogP) is 1.46. The number of primary amides is 1. The van der Waals surface area contributed by atoms with Gasteiger partial charge in [0.1, 0.15) is 14.8 Å². The Balaban J connectivity index is 2.60. The lowest BCUT2D eigenvalue weighted by Crippen LogP contribution is -2.23. The molecule has 4 N–H and O–H groups in total. The number of carbonyl (C=O) groups is 1. The average molecular weight is 331 g/mol. The topological polar surface area (TPSA) is 106 Å². The van der Waals surface area contributed by atoms with Crippen molar-refractivity contribution in [3.05, 3.63) is 4.88 Å². The molecule has 2 heterocycles. The van der Waals surface area contributed by atoms with Gasteiger partial charge < -0.3 is 16.4 Å². The maximum atomic E-state index is 12.3. The van der Waals surface area contributed by atoms with Gasteiger partial charge in [-0.3, -0.25) is 4.79 Å². The molecule has 1 saturated heterocycles. The molecular formula is C13H21N3O3S2. The molecule has 0 aromatic carbocycles. The minimum absolute atomic E-state index is 0.00550. The smallest absolute Gasteiger partial charge is 0.261 e. The molecule has 0 bridgehead atoms. The molecule has 0 aliphatic carbocycles. The summed E-state index contributed by atoms with van der Waals surface area (Å²) in [6, 6.07) is 0. The Labute approximate surface area is 129 Å². The molecular weight excluding hydrogens is 310 g/mol. The van der Waals surface area contributed by atoms with Crippen LogP contribution < -0.4 is 16.4 Å². The first-order valence-corrected chi connectivity index (χ1v) is 9.25. The fourth-order valence-electron chi connectivity index (χ4n) is 2.54. The highest BCUT2D eigenvalue weighted by atomic mass is 32.2. The van der Waals surface area contributed by atoms with Gasteiger partial charge in [0.25, 0.3) is 5.91 Å². The molecule has 118 valence electrons. The zero-order chi connectivity index (χ0) is 16.0. The van der Waals surface area contributed by atoms with Crippen LogP contribution in [0.25, 0.3) is 0 Å². The summed E-state index contributed by atoms with van der Waals surface area (Å²) in [5.74, 6) is -0.745. The molecule has 8 heteroatoms. The quantitative estimate of drug-likeness (QED) is 0.868. The van der Waals surface area contributed by atoms with Gasteiger partial charge in [-0.15, -0.1) is 11.3 Å². The van der Waals surface area contributed by atoms with E-state index in [0.717, 1.165) is 30.8 Å². The molecule has 6 nitrogen and oxygen atoms in total. The third kappa shape index (κ3) is 2.87. The normalized spacial score (nSPS) is 18.1. The number of rotatable bonds is 4. The monoisotopic (exact) mass is 331 g/mol. The summed E-state index contributed by atoms with van der Waals surface area (Å²) < 4.78 is 24.7. The van der Waals surface area contributed by atoms with E-state index < -0.39 is 15.7 Å². The summed E-state index contributed by atoms with van der Waals surface area (Å²) >= 11 is 1.08. The summed E-state index contributed by atoms with van der Waals surface area (Å²) in [6.07, 6.45) is 0.961. The number of carbonyl (C=O) groups excluding carboxylic acids is 1. The number of nitrogens with zero attached hydrogens (tertiary/aromatic N) is 1. The van der Waals surface area contributed by atoms with E-state index in [2.05, 4.69) is 13.8 Å². The third-order valence-electron chi connectivity index (χ3n) is 3.76. The zero-order valence-corrected chi connectivity index (χ0v) is 14.1. The number of nitrogens with two attached hydrogens (primary N) is 2. The van der Waals surface area contributed by atoms with Gasteiger partial charge in [-0.1, -0.05) is 20.8 Å². The van der Waals surface area contributed by atoms with Gasteiger partial charge in [-0.05, 0) is 11.8 Å². The maximum absolute atomic E-state index is 12.3. The van der Waals surface area contributed by atoms with Crippen molar-refractivity contribution in [2.24, 2.45) is 11.1 Å². The van der Waals surface area contributed by atoms with Gasteiger partial charge in [0.15, 0.2) is 9.84 Å². The highest BCUT2D eigenvalue weighted by molar-refractivity contribution is 7.92. The Kier molecular flexibility index (Phi) is 3.96. The second-order valence-electron chi connectivity index (χ2n) is 6.08. The molecule has 1 aliphatic heterocycles. The number of nitrogen functional groups attached to an aromatic ring is 1. The van der Waals surface area contributed by atoms with E-state index in [9.17, 15) is 13.2 Å². The van der Waals surface area contributed by atoms with Gasteiger partial charge in [-0.2, -0.15) is 0 Å². The first-order valence-electron chi connectivity index (χ1n) is 6.79. The maximum Gasteiger partial charge on any atom is 0.261 e. The van der Waals surface area contributed by atoms with Crippen LogP contribution in [0.1, 0.15) is 36.9 Å². The van der Waals surface area contributed by atoms with Crippen molar-refractivity contribution in [3.63, 3.8) is 0 Å². The van der Waals surface area contributed by atoms with Crippen molar-refractivity contribution in [2.75, 3.05) is 29.5 Å². The molecule has 1 fully saturated rings. The second kappa shape index (κ2) is 5.17. The predicted molar refractivity (Wildman–Crippen MR) is 85.6 cm³/mol. The van der Waals surface area contributed by atoms with Crippen LogP contribution >= 0.6 is 11.3 Å². The molecule has 2 rings (SSSR count). The van der Waals surface area contributed by atoms with Gasteiger partial charge in [0, 0.05) is 13.1 Å². The van der Waals surface area contributed by atoms with E-state index in [4.69, 9.17) is 11.5 Å². The Morgan fingerprint density at radius 2 is 2.05 bits per heavy atom. The molecule has 1 aromatic heterocycles. The molecule has 0 unspecified atom stereocenters. The fraction of sp³-hybridized carbons (Fsp3) is 0.615. The lowest BCUT2D eigenvalue weighted by Gasteiger charge is -2.21. The van der Waals surface area contributed by atoms with Crippen LogP contribution in [0.4, 0.5) is 10.7 Å². The summed E-state index contributed by atoms with van der Waals surface area (Å²) in [5.41, 5.74) is 11.3. The first kappa shape index (κ1) is 16.1. The van der Waals surface area contributed by atoms with Crippen LogP contribution in [0.5, 0.6) is 0 Å². The van der Waals surface area contributed by atoms with Crippen LogP contribution in [0.3, 0.4) is 0 Å². The summed E-state index contributed by atoms with van der Waals surface area (Å²) in [7, 11) is -3.51. The van der Waals surface area contributed by atoms with Gasteiger partial charge in [-0.25, -0.2) is 8.42 Å². The van der Waals surface area contributed by atoms with Crippen molar-refractivity contribution in [2.45, 2.75) is 32.1 Å². The summed E-state index contributed by atoms with van der Waals surface area (Å²) in [4.78, 5) is 13.7. The summed E-state index contributed by atoms with van der Waals surface area (Å²) in [6.45, 7) is 7.31. The highest BCUT2D eigenvalue weighted by Crippen LogP contribution is 2.45. The lowest BCUT2D eigenvalue weighted by atomic mass is 9.93. The number of thiophene rings is 1. The molecule has 0 radical (unpaired) electrons. The Morgan fingerprint density at radius 3 is 2.48 bits per heavy atom. The van der Waals surface area contributed by atoms with Crippen LogP contribution in [-0.2, 0) is 9.84 Å². The zero-order valence-electron chi connectivity index (χ0n) is 12.5. The molecule has 0 saturated carbocycles. The van der Waals surface area contributed by atoms with E-state index in [-0.39, 0.29) is 26.6 Å². The van der Waals surface area contributed by atoms with E-state index in [1.807, 2.05) is 4.90 Å². The van der Waals surface area contributed by atoms with Crippen molar-refractivity contribution in [1.82, 2.24) is 0 Å². The number of anilines is 2. The van der Waals surface area contributed by atoms with E-state index in [0.29, 0.717) is 5.00 Å². The minimum atomic E-state index is -3.51. The SMILES string of the molecule is CCS(=O)(=O)c1c(N2CCC(C)(C)C2)sc(C(N)=O)c1N. The molecule has 1 amide bonds. The number of sulfone groups is 1. The number of amides is 1.